The molecule has 2 heterocycles. The monoisotopic (exact) mass is 373 g/mol. The van der Waals surface area contributed by atoms with Crippen LogP contribution in [0.4, 0.5) is 5.13 Å². The van der Waals surface area contributed by atoms with E-state index in [2.05, 4.69) is 63.5 Å². The first-order valence-corrected chi connectivity index (χ1v) is 9.22. The summed E-state index contributed by atoms with van der Waals surface area (Å²) in [5.74, 6) is 0. The van der Waals surface area contributed by atoms with Gasteiger partial charge in [-0.05, 0) is 41.9 Å². The highest BCUT2D eigenvalue weighted by Crippen LogP contribution is 2.28. The summed E-state index contributed by atoms with van der Waals surface area (Å²) in [6.07, 6.45) is 3.15. The molecule has 0 fully saturated rings. The van der Waals surface area contributed by atoms with Gasteiger partial charge >= 0.3 is 0 Å². The summed E-state index contributed by atoms with van der Waals surface area (Å²) in [6, 6.07) is 2.55. The minimum atomic E-state index is 0.380. The van der Waals surface area contributed by atoms with E-state index in [1.54, 1.807) is 22.7 Å². The maximum atomic E-state index is 4.55. The second-order valence-electron chi connectivity index (χ2n) is 4.81. The van der Waals surface area contributed by atoms with E-state index in [9.17, 15) is 0 Å². The lowest BCUT2D eigenvalue weighted by Gasteiger charge is -2.14. The summed E-state index contributed by atoms with van der Waals surface area (Å²) in [5, 5.41) is 6.70. The number of hydrogen-bond donors (Lipinski definition) is 1. The molecule has 0 aliphatic heterocycles. The van der Waals surface area contributed by atoms with Crippen molar-refractivity contribution in [3.63, 3.8) is 0 Å². The molecule has 0 bridgehead atoms. The molecule has 0 saturated carbocycles. The number of hydrogen-bond acceptors (Lipinski definition) is 5. The number of aromatic nitrogens is 1. The van der Waals surface area contributed by atoms with E-state index in [0.717, 1.165) is 29.1 Å². The molecule has 0 aliphatic rings. The van der Waals surface area contributed by atoms with Gasteiger partial charge in [0.25, 0.3) is 0 Å². The van der Waals surface area contributed by atoms with E-state index in [0.29, 0.717) is 6.04 Å². The SMILES string of the molecule is CCCNC(C)c1cnc(N(C)Cc2cc(Br)cs2)s1. The van der Waals surface area contributed by atoms with E-state index in [1.807, 2.05) is 6.20 Å². The van der Waals surface area contributed by atoms with Gasteiger partial charge in [0, 0.05) is 38.9 Å². The quantitative estimate of drug-likeness (QED) is 0.764. The van der Waals surface area contributed by atoms with Crippen molar-refractivity contribution in [3.8, 4) is 0 Å². The zero-order chi connectivity index (χ0) is 14.5. The predicted octanol–water partition coefficient (Wildman–Crippen LogP) is 4.66. The third kappa shape index (κ3) is 4.28. The number of thiazole rings is 1. The Bertz CT molecular complexity index is 538. The molecule has 20 heavy (non-hydrogen) atoms. The molecule has 0 aromatic carbocycles. The molecule has 0 amide bonds. The van der Waals surface area contributed by atoms with Crippen LogP contribution in [0.1, 0.15) is 36.1 Å². The second-order valence-corrected chi connectivity index (χ2v) is 7.76. The molecule has 0 spiro atoms. The van der Waals surface area contributed by atoms with Crippen molar-refractivity contribution in [1.82, 2.24) is 10.3 Å². The number of thiophene rings is 1. The lowest BCUT2D eigenvalue weighted by Crippen LogP contribution is -2.18. The Kier molecular flexibility index (Phi) is 6.01. The lowest BCUT2D eigenvalue weighted by atomic mass is 10.3. The maximum Gasteiger partial charge on any atom is 0.185 e. The molecule has 6 heteroatoms. The average molecular weight is 374 g/mol. The minimum absolute atomic E-state index is 0.380. The van der Waals surface area contributed by atoms with Gasteiger partial charge in [-0.15, -0.1) is 22.7 Å². The van der Waals surface area contributed by atoms with Crippen molar-refractivity contribution in [3.05, 3.63) is 31.9 Å². The summed E-state index contributed by atoms with van der Waals surface area (Å²) in [7, 11) is 2.10. The molecule has 0 aliphatic carbocycles. The van der Waals surface area contributed by atoms with Crippen LogP contribution in [0.25, 0.3) is 0 Å². The van der Waals surface area contributed by atoms with Gasteiger partial charge in [0.05, 0.1) is 6.54 Å². The van der Waals surface area contributed by atoms with Gasteiger partial charge in [0.15, 0.2) is 5.13 Å². The zero-order valence-corrected chi connectivity index (χ0v) is 15.2. The van der Waals surface area contributed by atoms with Crippen LogP contribution in [0.3, 0.4) is 0 Å². The Labute approximate surface area is 137 Å². The Hall–Kier alpha value is -0.430. The number of rotatable bonds is 7. The van der Waals surface area contributed by atoms with Crippen molar-refractivity contribution in [2.45, 2.75) is 32.9 Å². The third-order valence-electron chi connectivity index (χ3n) is 2.98. The molecule has 0 radical (unpaired) electrons. The molecule has 110 valence electrons. The lowest BCUT2D eigenvalue weighted by molar-refractivity contribution is 0.577. The van der Waals surface area contributed by atoms with Crippen molar-refractivity contribution in [2.24, 2.45) is 0 Å². The summed E-state index contributed by atoms with van der Waals surface area (Å²) >= 11 is 7.04. The average Bonchev–Trinajstić information content (AvgIpc) is 3.05. The van der Waals surface area contributed by atoms with Crippen LogP contribution in [-0.2, 0) is 6.54 Å². The van der Waals surface area contributed by atoms with Gasteiger partial charge in [0.1, 0.15) is 0 Å². The molecule has 0 saturated heterocycles. The fraction of sp³-hybridized carbons (Fsp3) is 0.500. The first-order chi connectivity index (χ1) is 9.60. The van der Waals surface area contributed by atoms with Gasteiger partial charge in [-0.3, -0.25) is 0 Å². The van der Waals surface area contributed by atoms with Gasteiger partial charge in [-0.25, -0.2) is 4.98 Å². The smallest absolute Gasteiger partial charge is 0.185 e. The number of anilines is 1. The fourth-order valence-corrected chi connectivity index (χ4v) is 4.26. The Morgan fingerprint density at radius 2 is 2.30 bits per heavy atom. The molecule has 3 nitrogen and oxygen atoms in total. The van der Waals surface area contributed by atoms with Gasteiger partial charge in [-0.1, -0.05) is 6.92 Å². The van der Waals surface area contributed by atoms with Crippen molar-refractivity contribution < 1.29 is 0 Å². The van der Waals surface area contributed by atoms with E-state index >= 15 is 0 Å². The molecule has 2 aromatic rings. The standard InChI is InChI=1S/C14H20BrN3S2/c1-4-5-16-10(2)13-7-17-14(20-13)18(3)8-12-6-11(15)9-19-12/h6-7,9-10,16H,4-5,8H2,1-3H3. The molecule has 1 atom stereocenters. The summed E-state index contributed by atoms with van der Waals surface area (Å²) in [4.78, 5) is 9.39. The van der Waals surface area contributed by atoms with Crippen LogP contribution in [0.5, 0.6) is 0 Å². The maximum absolute atomic E-state index is 4.55. The molecular weight excluding hydrogens is 354 g/mol. The van der Waals surface area contributed by atoms with Crippen LogP contribution in [0, 0.1) is 0 Å². The summed E-state index contributed by atoms with van der Waals surface area (Å²) in [5.41, 5.74) is 0. The summed E-state index contributed by atoms with van der Waals surface area (Å²) in [6.45, 7) is 6.33. The van der Waals surface area contributed by atoms with Crippen LogP contribution < -0.4 is 10.2 Å². The highest BCUT2D eigenvalue weighted by Gasteiger charge is 2.12. The van der Waals surface area contributed by atoms with Crippen molar-refractivity contribution in [1.29, 1.82) is 0 Å². The normalized spacial score (nSPS) is 12.6. The molecule has 1 unspecified atom stereocenters. The highest BCUT2D eigenvalue weighted by molar-refractivity contribution is 9.10. The predicted molar refractivity (Wildman–Crippen MR) is 92.9 cm³/mol. The van der Waals surface area contributed by atoms with Crippen LogP contribution >= 0.6 is 38.6 Å². The first kappa shape index (κ1) is 15.9. The largest absolute Gasteiger partial charge is 0.346 e. The second kappa shape index (κ2) is 7.54. The zero-order valence-electron chi connectivity index (χ0n) is 12.0. The Morgan fingerprint density at radius 1 is 1.50 bits per heavy atom. The first-order valence-electron chi connectivity index (χ1n) is 6.73. The third-order valence-corrected chi connectivity index (χ3v) is 5.96. The number of halogens is 1. The van der Waals surface area contributed by atoms with E-state index in [4.69, 9.17) is 0 Å². The highest BCUT2D eigenvalue weighted by atomic mass is 79.9. The Morgan fingerprint density at radius 3 is 2.95 bits per heavy atom. The van der Waals surface area contributed by atoms with Crippen LogP contribution in [0.2, 0.25) is 0 Å². The van der Waals surface area contributed by atoms with Gasteiger partial charge < -0.3 is 10.2 Å². The van der Waals surface area contributed by atoms with E-state index < -0.39 is 0 Å². The minimum Gasteiger partial charge on any atom is -0.346 e. The molecular formula is C14H20BrN3S2. The molecule has 1 N–H and O–H groups in total. The Balaban J connectivity index is 1.97. The molecule has 2 aromatic heterocycles. The van der Waals surface area contributed by atoms with Crippen LogP contribution in [0.15, 0.2) is 22.1 Å². The van der Waals surface area contributed by atoms with E-state index in [1.165, 1.54) is 9.75 Å². The van der Waals surface area contributed by atoms with Gasteiger partial charge in [0.2, 0.25) is 0 Å². The van der Waals surface area contributed by atoms with E-state index in [-0.39, 0.29) is 0 Å². The fourth-order valence-electron chi connectivity index (χ4n) is 1.85. The van der Waals surface area contributed by atoms with Gasteiger partial charge in [-0.2, -0.15) is 0 Å². The summed E-state index contributed by atoms with van der Waals surface area (Å²) < 4.78 is 1.16. The molecule has 2 rings (SSSR count). The topological polar surface area (TPSA) is 28.2 Å². The number of nitrogens with zero attached hydrogens (tertiary/aromatic N) is 2. The number of nitrogens with one attached hydrogen (secondary N) is 1. The van der Waals surface area contributed by atoms with Crippen molar-refractivity contribution >= 4 is 43.7 Å². The van der Waals surface area contributed by atoms with Crippen molar-refractivity contribution in [2.75, 3.05) is 18.5 Å². The van der Waals surface area contributed by atoms with Crippen LogP contribution in [-0.4, -0.2) is 18.6 Å².